The van der Waals surface area contributed by atoms with Crippen molar-refractivity contribution >= 4 is 27.1 Å². The lowest BCUT2D eigenvalue weighted by Crippen LogP contribution is -2.14. The van der Waals surface area contributed by atoms with Crippen LogP contribution in [0.25, 0.3) is 0 Å². The minimum atomic E-state index is -0.368. The number of nitrogens with one attached hydrogen (secondary N) is 1. The maximum absolute atomic E-state index is 5.54. The molecule has 13 heavy (non-hydrogen) atoms. The summed E-state index contributed by atoms with van der Waals surface area (Å²) in [4.78, 5) is 0. The smallest absolute Gasteiger partial charge is 0.166 e. The van der Waals surface area contributed by atoms with Gasteiger partial charge in [0.1, 0.15) is 0 Å². The molecule has 68 valence electrons. The van der Waals surface area contributed by atoms with E-state index in [9.17, 15) is 0 Å². The fourth-order valence-corrected chi connectivity index (χ4v) is 2.14. The van der Waals surface area contributed by atoms with E-state index in [1.807, 2.05) is 24.3 Å². The molecule has 0 saturated carbocycles. The Morgan fingerprint density at radius 1 is 1.46 bits per heavy atom. The molecule has 5 heteroatoms. The van der Waals surface area contributed by atoms with Crippen molar-refractivity contribution in [1.29, 1.82) is 0 Å². The molecular formula is C8H9IN4. The van der Waals surface area contributed by atoms with Crippen LogP contribution in [0.3, 0.4) is 0 Å². The quantitative estimate of drug-likeness (QED) is 0.810. The summed E-state index contributed by atoms with van der Waals surface area (Å²) in [6.45, 7) is 0.563. The number of halogens is 1. The van der Waals surface area contributed by atoms with E-state index >= 15 is 0 Å². The third kappa shape index (κ3) is 1.92. The summed E-state index contributed by atoms with van der Waals surface area (Å²) >= 11 is -0.368. The van der Waals surface area contributed by atoms with Gasteiger partial charge in [0.05, 0.1) is 0 Å². The van der Waals surface area contributed by atoms with Crippen LogP contribution in [0.4, 0.5) is 0 Å². The fraction of sp³-hybridized carbons (Fsp3) is 0.125. The zero-order valence-corrected chi connectivity index (χ0v) is 9.02. The van der Waals surface area contributed by atoms with Crippen LogP contribution in [0.1, 0.15) is 11.1 Å². The number of amidine groups is 1. The molecule has 0 aliphatic carbocycles. The highest BCUT2D eigenvalue weighted by atomic mass is 127. The van der Waals surface area contributed by atoms with Crippen LogP contribution in [-0.2, 0) is 6.54 Å². The van der Waals surface area contributed by atoms with Crippen molar-refractivity contribution in [1.82, 2.24) is 5.43 Å². The first-order chi connectivity index (χ1) is 6.40. The molecule has 1 aliphatic rings. The molecule has 1 aromatic rings. The van der Waals surface area contributed by atoms with Crippen LogP contribution in [0.2, 0.25) is 0 Å². The zero-order chi connectivity index (χ0) is 9.10. The minimum Gasteiger partial charge on any atom is -0.326 e. The third-order valence-electron chi connectivity index (χ3n) is 1.74. The number of hydrogen-bond acceptors (Lipinski definition) is 4. The second-order valence-corrected chi connectivity index (χ2v) is 4.01. The van der Waals surface area contributed by atoms with Crippen molar-refractivity contribution in [3.05, 3.63) is 35.4 Å². The molecule has 4 nitrogen and oxygen atoms in total. The molecule has 0 unspecified atom stereocenters. The normalized spacial score (nSPS) is 14.7. The number of nitrogens with zero attached hydrogens (tertiary/aromatic N) is 2. The first kappa shape index (κ1) is 8.76. The second-order valence-electron chi connectivity index (χ2n) is 2.61. The Labute approximate surface area is 86.7 Å². The van der Waals surface area contributed by atoms with Gasteiger partial charge in [-0.15, -0.1) is 3.25 Å². The molecular weight excluding hydrogens is 279 g/mol. The van der Waals surface area contributed by atoms with Crippen LogP contribution in [0.5, 0.6) is 0 Å². The van der Waals surface area contributed by atoms with Gasteiger partial charge in [-0.3, -0.25) is 5.43 Å². The van der Waals surface area contributed by atoms with Gasteiger partial charge in [-0.25, -0.2) is 0 Å². The lowest BCUT2D eigenvalue weighted by molar-refractivity contribution is 1.06. The van der Waals surface area contributed by atoms with Crippen LogP contribution in [0.15, 0.2) is 30.7 Å². The molecule has 2 rings (SSSR count). The molecule has 0 saturated heterocycles. The first-order valence-electron chi connectivity index (χ1n) is 3.87. The average Bonchev–Trinajstić information content (AvgIpc) is 2.71. The Morgan fingerprint density at radius 2 is 2.38 bits per heavy atom. The van der Waals surface area contributed by atoms with Crippen molar-refractivity contribution in [2.45, 2.75) is 6.54 Å². The molecule has 1 aliphatic heterocycles. The molecule has 0 aromatic heterocycles. The van der Waals surface area contributed by atoms with E-state index in [1.165, 1.54) is 0 Å². The minimum absolute atomic E-state index is 0.368. The van der Waals surface area contributed by atoms with Crippen LogP contribution < -0.4 is 11.2 Å². The SMILES string of the molecule is NCc1cccc(C2=NI=NN2)c1. The number of benzene rings is 1. The number of hydrogen-bond donors (Lipinski definition) is 2. The van der Waals surface area contributed by atoms with Crippen LogP contribution in [0, 0.1) is 0 Å². The Balaban J connectivity index is 2.30. The summed E-state index contributed by atoms with van der Waals surface area (Å²) in [6.07, 6.45) is 0. The van der Waals surface area contributed by atoms with Gasteiger partial charge < -0.3 is 5.73 Å². The van der Waals surface area contributed by atoms with E-state index in [2.05, 4.69) is 11.9 Å². The summed E-state index contributed by atoms with van der Waals surface area (Å²) < 4.78 is 8.31. The van der Waals surface area contributed by atoms with E-state index in [1.54, 1.807) is 0 Å². The first-order valence-corrected chi connectivity index (χ1v) is 5.80. The van der Waals surface area contributed by atoms with Crippen molar-refractivity contribution in [3.63, 3.8) is 0 Å². The third-order valence-corrected chi connectivity index (χ3v) is 2.90. The predicted octanol–water partition coefficient (Wildman–Crippen LogP) is 1.48. The summed E-state index contributed by atoms with van der Waals surface area (Å²) in [5, 5.41) is 0. The maximum atomic E-state index is 5.54. The molecule has 0 atom stereocenters. The van der Waals surface area contributed by atoms with Gasteiger partial charge in [-0.05, 0) is 11.6 Å². The number of nitrogens with two attached hydrogens (primary N) is 1. The predicted molar refractivity (Wildman–Crippen MR) is 60.5 cm³/mol. The Kier molecular flexibility index (Phi) is 2.65. The summed E-state index contributed by atoms with van der Waals surface area (Å²) in [7, 11) is 0. The summed E-state index contributed by atoms with van der Waals surface area (Å²) in [5.41, 5.74) is 10.6. The van der Waals surface area contributed by atoms with Gasteiger partial charge in [-0.2, -0.15) is 3.21 Å². The van der Waals surface area contributed by atoms with Gasteiger partial charge in [0.25, 0.3) is 0 Å². The standard InChI is InChI=1S/C8H9IN4/c10-5-6-2-1-3-7(4-6)8-11-9-13-12-8/h1-4H,5,10H2,(H,11,12,13). The largest absolute Gasteiger partial charge is 0.326 e. The molecule has 0 radical (unpaired) electrons. The highest BCUT2D eigenvalue weighted by Gasteiger charge is 2.05. The van der Waals surface area contributed by atoms with E-state index < -0.39 is 0 Å². The second kappa shape index (κ2) is 3.93. The highest BCUT2D eigenvalue weighted by Crippen LogP contribution is 2.13. The van der Waals surface area contributed by atoms with Crippen molar-refractivity contribution in [2.75, 3.05) is 0 Å². The Bertz CT molecular complexity index is 372. The van der Waals surface area contributed by atoms with E-state index in [-0.39, 0.29) is 21.3 Å². The van der Waals surface area contributed by atoms with Crippen molar-refractivity contribution < 1.29 is 0 Å². The molecule has 0 fully saturated rings. The van der Waals surface area contributed by atoms with Gasteiger partial charge in [-0.1, -0.05) is 18.2 Å². The fourth-order valence-electron chi connectivity index (χ4n) is 1.09. The zero-order valence-electron chi connectivity index (χ0n) is 6.87. The highest BCUT2D eigenvalue weighted by molar-refractivity contribution is 14.1. The Morgan fingerprint density at radius 3 is 3.08 bits per heavy atom. The van der Waals surface area contributed by atoms with Crippen LogP contribution >= 0.6 is 21.3 Å². The van der Waals surface area contributed by atoms with E-state index in [0.717, 1.165) is 17.0 Å². The van der Waals surface area contributed by atoms with Gasteiger partial charge in [0.2, 0.25) is 0 Å². The van der Waals surface area contributed by atoms with E-state index in [0.29, 0.717) is 6.54 Å². The maximum Gasteiger partial charge on any atom is 0.166 e. The van der Waals surface area contributed by atoms with Crippen molar-refractivity contribution in [2.24, 2.45) is 12.2 Å². The molecule has 0 bridgehead atoms. The Hall–Kier alpha value is -0.820. The van der Waals surface area contributed by atoms with Gasteiger partial charge >= 0.3 is 0 Å². The molecule has 0 amide bonds. The average molecular weight is 288 g/mol. The molecule has 1 aromatic carbocycles. The van der Waals surface area contributed by atoms with E-state index in [4.69, 9.17) is 5.73 Å². The van der Waals surface area contributed by atoms with Gasteiger partial charge in [0, 0.05) is 12.1 Å². The summed E-state index contributed by atoms with van der Waals surface area (Å²) in [6, 6.07) is 8.04. The molecule has 0 spiro atoms. The molecule has 1 heterocycles. The lowest BCUT2D eigenvalue weighted by Gasteiger charge is -2.02. The topological polar surface area (TPSA) is 62.8 Å². The molecule has 3 N–H and O–H groups in total. The van der Waals surface area contributed by atoms with Gasteiger partial charge in [0.15, 0.2) is 27.1 Å². The van der Waals surface area contributed by atoms with Crippen LogP contribution in [-0.4, -0.2) is 5.84 Å². The number of rotatable bonds is 2. The lowest BCUT2D eigenvalue weighted by atomic mass is 10.1. The monoisotopic (exact) mass is 288 g/mol. The van der Waals surface area contributed by atoms with Crippen molar-refractivity contribution in [3.8, 4) is 0 Å². The summed E-state index contributed by atoms with van der Waals surface area (Å²) in [5.74, 6) is 0.878.